The van der Waals surface area contributed by atoms with Gasteiger partial charge in [-0.2, -0.15) is 0 Å². The van der Waals surface area contributed by atoms with Crippen LogP contribution in [-0.2, 0) is 14.8 Å². The molecule has 0 amide bonds. The molecule has 1 heterocycles. The van der Waals surface area contributed by atoms with Crippen molar-refractivity contribution < 1.29 is 17.9 Å². The minimum absolute atomic E-state index is 0.0213. The Kier molecular flexibility index (Phi) is 4.91. The predicted molar refractivity (Wildman–Crippen MR) is 81.0 cm³/mol. The maximum Gasteiger partial charge on any atom is 0.242 e. The van der Waals surface area contributed by atoms with Gasteiger partial charge in [0.1, 0.15) is 5.75 Å². The van der Waals surface area contributed by atoms with E-state index in [1.165, 1.54) is 4.31 Å². The molecule has 1 fully saturated rings. The molecule has 0 bridgehead atoms. The molecule has 1 aliphatic heterocycles. The van der Waals surface area contributed by atoms with Crippen LogP contribution in [-0.4, -0.2) is 46.6 Å². The molecule has 0 aliphatic carbocycles. The summed E-state index contributed by atoms with van der Waals surface area (Å²) < 4.78 is 37.1. The number of sulfonamides is 1. The standard InChI is InChI=1S/C15H23NO4S/c1-15(8-10-20-11-9-15)12-16(2)21(17,18)14-6-4-13(19-3)5-7-14/h4-7H,8-12H2,1-3H3. The summed E-state index contributed by atoms with van der Waals surface area (Å²) in [4.78, 5) is 0.293. The fourth-order valence-electron chi connectivity index (χ4n) is 2.57. The molecule has 6 heteroatoms. The van der Waals surface area contributed by atoms with Crippen LogP contribution < -0.4 is 4.74 Å². The van der Waals surface area contributed by atoms with Crippen molar-refractivity contribution in [2.45, 2.75) is 24.7 Å². The van der Waals surface area contributed by atoms with E-state index in [0.717, 1.165) is 12.8 Å². The van der Waals surface area contributed by atoms with Gasteiger partial charge in [0.2, 0.25) is 10.0 Å². The molecule has 0 atom stereocenters. The van der Waals surface area contributed by atoms with Crippen LogP contribution in [0.2, 0.25) is 0 Å². The Labute approximate surface area is 126 Å². The summed E-state index contributed by atoms with van der Waals surface area (Å²) in [6.07, 6.45) is 1.77. The lowest BCUT2D eigenvalue weighted by atomic mass is 9.82. The normalized spacial score (nSPS) is 18.7. The molecule has 1 saturated heterocycles. The molecule has 5 nitrogen and oxygen atoms in total. The Bertz CT molecular complexity index is 562. The highest BCUT2D eigenvalue weighted by Crippen LogP contribution is 2.32. The highest BCUT2D eigenvalue weighted by Gasteiger charge is 2.32. The van der Waals surface area contributed by atoms with Crippen LogP contribution in [0.1, 0.15) is 19.8 Å². The third-order valence-corrected chi connectivity index (χ3v) is 5.89. The Balaban J connectivity index is 2.13. The summed E-state index contributed by atoms with van der Waals surface area (Å²) in [5, 5.41) is 0. The summed E-state index contributed by atoms with van der Waals surface area (Å²) >= 11 is 0. The van der Waals surface area contributed by atoms with Gasteiger partial charge in [-0.15, -0.1) is 0 Å². The lowest BCUT2D eigenvalue weighted by molar-refractivity contribution is 0.0175. The van der Waals surface area contributed by atoms with Crippen molar-refractivity contribution in [1.29, 1.82) is 0 Å². The van der Waals surface area contributed by atoms with Gasteiger partial charge in [0.05, 0.1) is 12.0 Å². The lowest BCUT2D eigenvalue weighted by Gasteiger charge is -2.36. The largest absolute Gasteiger partial charge is 0.497 e. The quantitative estimate of drug-likeness (QED) is 0.835. The van der Waals surface area contributed by atoms with Crippen molar-refractivity contribution in [3.63, 3.8) is 0 Å². The second-order valence-electron chi connectivity index (χ2n) is 5.86. The molecule has 2 rings (SSSR count). The molecule has 0 unspecified atom stereocenters. The SMILES string of the molecule is COc1ccc(S(=O)(=O)N(C)CC2(C)CCOCC2)cc1. The first-order valence-electron chi connectivity index (χ1n) is 7.06. The van der Waals surface area contributed by atoms with Gasteiger partial charge in [-0.3, -0.25) is 0 Å². The summed E-state index contributed by atoms with van der Waals surface area (Å²) in [6, 6.07) is 6.49. The summed E-state index contributed by atoms with van der Waals surface area (Å²) in [6.45, 7) is 4.03. The third kappa shape index (κ3) is 3.75. The van der Waals surface area contributed by atoms with Crippen molar-refractivity contribution in [2.24, 2.45) is 5.41 Å². The number of rotatable bonds is 5. The van der Waals surface area contributed by atoms with Crippen LogP contribution in [0.4, 0.5) is 0 Å². The molecule has 0 aromatic heterocycles. The number of hydrogen-bond acceptors (Lipinski definition) is 4. The fraction of sp³-hybridized carbons (Fsp3) is 0.600. The summed E-state index contributed by atoms with van der Waals surface area (Å²) in [5.41, 5.74) is -0.0213. The van der Waals surface area contributed by atoms with E-state index in [-0.39, 0.29) is 5.41 Å². The molecule has 0 radical (unpaired) electrons. The van der Waals surface area contributed by atoms with Crippen molar-refractivity contribution in [2.75, 3.05) is 33.9 Å². The van der Waals surface area contributed by atoms with Gasteiger partial charge in [-0.1, -0.05) is 6.92 Å². The van der Waals surface area contributed by atoms with Gasteiger partial charge in [-0.05, 0) is 42.5 Å². The Morgan fingerprint density at radius 3 is 2.33 bits per heavy atom. The molecule has 0 N–H and O–H groups in total. The van der Waals surface area contributed by atoms with E-state index >= 15 is 0 Å². The topological polar surface area (TPSA) is 55.8 Å². The summed E-state index contributed by atoms with van der Waals surface area (Å²) in [7, 11) is -0.268. The zero-order valence-electron chi connectivity index (χ0n) is 12.8. The van der Waals surface area contributed by atoms with Crippen molar-refractivity contribution >= 4 is 10.0 Å². The number of benzene rings is 1. The third-order valence-electron chi connectivity index (χ3n) is 4.07. The van der Waals surface area contributed by atoms with Crippen LogP contribution in [0.5, 0.6) is 5.75 Å². The van der Waals surface area contributed by atoms with Crippen LogP contribution in [0.15, 0.2) is 29.2 Å². The molecule has 1 aliphatic rings. The first-order chi connectivity index (χ1) is 9.87. The average Bonchev–Trinajstić information content (AvgIpc) is 2.47. The Morgan fingerprint density at radius 2 is 1.81 bits per heavy atom. The van der Waals surface area contributed by atoms with Crippen LogP contribution in [0, 0.1) is 5.41 Å². The molecule has 1 aromatic carbocycles. The Hall–Kier alpha value is -1.11. The maximum atomic E-state index is 12.6. The van der Waals surface area contributed by atoms with Crippen molar-refractivity contribution in [1.82, 2.24) is 4.31 Å². The van der Waals surface area contributed by atoms with Gasteiger partial charge >= 0.3 is 0 Å². The van der Waals surface area contributed by atoms with Gasteiger partial charge in [0.25, 0.3) is 0 Å². The monoisotopic (exact) mass is 313 g/mol. The number of ether oxygens (including phenoxy) is 2. The number of nitrogens with zero attached hydrogens (tertiary/aromatic N) is 1. The van der Waals surface area contributed by atoms with Crippen molar-refractivity contribution in [3.05, 3.63) is 24.3 Å². The molecule has 118 valence electrons. The smallest absolute Gasteiger partial charge is 0.242 e. The molecular formula is C15H23NO4S. The summed E-state index contributed by atoms with van der Waals surface area (Å²) in [5.74, 6) is 0.646. The van der Waals surface area contributed by atoms with E-state index in [9.17, 15) is 8.42 Å². The zero-order valence-corrected chi connectivity index (χ0v) is 13.6. The van der Waals surface area contributed by atoms with Gasteiger partial charge in [0.15, 0.2) is 0 Å². The fourth-order valence-corrected chi connectivity index (χ4v) is 3.89. The highest BCUT2D eigenvalue weighted by molar-refractivity contribution is 7.89. The van der Waals surface area contributed by atoms with E-state index in [4.69, 9.17) is 9.47 Å². The van der Waals surface area contributed by atoms with E-state index < -0.39 is 10.0 Å². The second kappa shape index (κ2) is 6.34. The van der Waals surface area contributed by atoms with E-state index in [2.05, 4.69) is 6.92 Å². The van der Waals surface area contributed by atoms with Gasteiger partial charge < -0.3 is 9.47 Å². The molecule has 0 spiro atoms. The molecular weight excluding hydrogens is 290 g/mol. The molecule has 21 heavy (non-hydrogen) atoms. The number of methoxy groups -OCH3 is 1. The van der Waals surface area contributed by atoms with Crippen LogP contribution in [0.3, 0.4) is 0 Å². The van der Waals surface area contributed by atoms with E-state index in [1.807, 2.05) is 0 Å². The molecule has 0 saturated carbocycles. The lowest BCUT2D eigenvalue weighted by Crippen LogP contribution is -2.40. The average molecular weight is 313 g/mol. The first-order valence-corrected chi connectivity index (χ1v) is 8.50. The maximum absolute atomic E-state index is 12.6. The first kappa shape index (κ1) is 16.3. The van der Waals surface area contributed by atoms with E-state index in [1.54, 1.807) is 38.4 Å². The number of hydrogen-bond donors (Lipinski definition) is 0. The zero-order chi connectivity index (χ0) is 15.5. The van der Waals surface area contributed by atoms with Gasteiger partial charge in [-0.25, -0.2) is 12.7 Å². The van der Waals surface area contributed by atoms with Crippen LogP contribution in [0.25, 0.3) is 0 Å². The predicted octanol–water partition coefficient (Wildman–Crippen LogP) is 2.13. The molecule has 1 aromatic rings. The van der Waals surface area contributed by atoms with Crippen molar-refractivity contribution in [3.8, 4) is 5.75 Å². The second-order valence-corrected chi connectivity index (χ2v) is 7.90. The minimum atomic E-state index is -3.46. The minimum Gasteiger partial charge on any atom is -0.497 e. The van der Waals surface area contributed by atoms with E-state index in [0.29, 0.717) is 30.4 Å². The Morgan fingerprint density at radius 1 is 1.24 bits per heavy atom. The van der Waals surface area contributed by atoms with Crippen LogP contribution >= 0.6 is 0 Å². The van der Waals surface area contributed by atoms with Gasteiger partial charge in [0, 0.05) is 26.8 Å². The highest BCUT2D eigenvalue weighted by atomic mass is 32.2.